The van der Waals surface area contributed by atoms with Crippen molar-refractivity contribution in [2.24, 2.45) is 13.0 Å². The van der Waals surface area contributed by atoms with Gasteiger partial charge in [0.05, 0.1) is 12.1 Å². The van der Waals surface area contributed by atoms with Crippen LogP contribution in [-0.2, 0) is 11.8 Å². The minimum Gasteiger partial charge on any atom is -0.355 e. The average molecular weight is 344 g/mol. The van der Waals surface area contributed by atoms with Gasteiger partial charge in [-0.25, -0.2) is 0 Å². The van der Waals surface area contributed by atoms with E-state index < -0.39 is 0 Å². The molecule has 5 nitrogen and oxygen atoms in total. The molecule has 0 unspecified atom stereocenters. The lowest BCUT2D eigenvalue weighted by Crippen LogP contribution is -2.35. The number of hydrogen-bond donors (Lipinski definition) is 2. The Labute approximate surface area is 147 Å². The Morgan fingerprint density at radius 2 is 2.17 bits per heavy atom. The summed E-state index contributed by atoms with van der Waals surface area (Å²) < 4.78 is 1.79. The van der Waals surface area contributed by atoms with Crippen LogP contribution in [0.1, 0.15) is 17.0 Å². The fraction of sp³-hybridized carbons (Fsp3) is 0.444. The van der Waals surface area contributed by atoms with Crippen molar-refractivity contribution in [3.63, 3.8) is 0 Å². The van der Waals surface area contributed by atoms with E-state index in [0.717, 1.165) is 24.4 Å². The molecule has 0 radical (unpaired) electrons. The lowest BCUT2D eigenvalue weighted by molar-refractivity contribution is -0.124. The third kappa shape index (κ3) is 4.19. The van der Waals surface area contributed by atoms with Crippen LogP contribution in [0.4, 0.5) is 0 Å². The van der Waals surface area contributed by atoms with Crippen LogP contribution in [0.5, 0.6) is 0 Å². The summed E-state index contributed by atoms with van der Waals surface area (Å²) in [5, 5.41) is 10.6. The number of thioether (sulfide) groups is 1. The summed E-state index contributed by atoms with van der Waals surface area (Å²) in [7, 11) is 1.91. The standard InChI is InChI=1S/C18H24N4OS/c1-13-3-5-15(6-4-13)24-8-7-20-18(23)17-11-19-10-16(17)14-9-21-22(2)12-14/h3-6,9,12,16-17,19H,7-8,10-11H2,1-2H3,(H,20,23)/t16-,17+/m1/s1. The first-order chi connectivity index (χ1) is 11.6. The number of amides is 1. The number of aromatic nitrogens is 2. The second-order valence-corrected chi connectivity index (χ2v) is 7.44. The smallest absolute Gasteiger partial charge is 0.225 e. The van der Waals surface area contributed by atoms with Gasteiger partial charge >= 0.3 is 0 Å². The predicted octanol–water partition coefficient (Wildman–Crippen LogP) is 1.94. The normalized spacial score (nSPS) is 20.2. The lowest BCUT2D eigenvalue weighted by atomic mass is 9.90. The summed E-state index contributed by atoms with van der Waals surface area (Å²) in [6, 6.07) is 8.48. The molecule has 2 N–H and O–H groups in total. The maximum atomic E-state index is 12.5. The number of carbonyl (C=O) groups excluding carboxylic acids is 1. The summed E-state index contributed by atoms with van der Waals surface area (Å²) >= 11 is 1.77. The Hall–Kier alpha value is -1.79. The SMILES string of the molecule is Cc1ccc(SCCNC(=O)[C@H]2CNC[C@@H]2c2cnn(C)c2)cc1. The molecular weight excluding hydrogens is 320 g/mol. The minimum atomic E-state index is -0.0152. The largest absolute Gasteiger partial charge is 0.355 e. The number of nitrogens with zero attached hydrogens (tertiary/aromatic N) is 2. The molecule has 1 aromatic carbocycles. The fourth-order valence-electron chi connectivity index (χ4n) is 3.04. The molecule has 1 aliphatic rings. The highest BCUT2D eigenvalue weighted by Gasteiger charge is 2.34. The second kappa shape index (κ2) is 7.85. The molecule has 0 spiro atoms. The Balaban J connectivity index is 1.46. The van der Waals surface area contributed by atoms with Gasteiger partial charge in [0.2, 0.25) is 5.91 Å². The van der Waals surface area contributed by atoms with Crippen molar-refractivity contribution in [2.75, 3.05) is 25.4 Å². The average Bonchev–Trinajstić information content (AvgIpc) is 3.21. The molecule has 1 amide bonds. The summed E-state index contributed by atoms with van der Waals surface area (Å²) in [6.45, 7) is 4.34. The van der Waals surface area contributed by atoms with Crippen molar-refractivity contribution in [3.05, 3.63) is 47.8 Å². The van der Waals surface area contributed by atoms with E-state index in [1.165, 1.54) is 10.5 Å². The summed E-state index contributed by atoms with van der Waals surface area (Å²) in [4.78, 5) is 13.7. The summed E-state index contributed by atoms with van der Waals surface area (Å²) in [6.07, 6.45) is 3.87. The molecule has 0 aliphatic carbocycles. The predicted molar refractivity (Wildman–Crippen MR) is 97.2 cm³/mol. The van der Waals surface area contributed by atoms with Crippen LogP contribution in [0.2, 0.25) is 0 Å². The highest BCUT2D eigenvalue weighted by molar-refractivity contribution is 7.99. The molecule has 2 atom stereocenters. The Morgan fingerprint density at radius 1 is 1.38 bits per heavy atom. The highest BCUT2D eigenvalue weighted by Crippen LogP contribution is 2.27. The molecule has 0 saturated carbocycles. The molecule has 0 bridgehead atoms. The Kier molecular flexibility index (Phi) is 5.58. The molecule has 3 rings (SSSR count). The van der Waals surface area contributed by atoms with Gasteiger partial charge < -0.3 is 10.6 Å². The van der Waals surface area contributed by atoms with Crippen LogP contribution in [0.25, 0.3) is 0 Å². The van der Waals surface area contributed by atoms with Gasteiger partial charge in [-0.05, 0) is 24.6 Å². The minimum absolute atomic E-state index is 0.0152. The van der Waals surface area contributed by atoms with Crippen molar-refractivity contribution in [1.29, 1.82) is 0 Å². The van der Waals surface area contributed by atoms with E-state index in [1.54, 1.807) is 16.4 Å². The topological polar surface area (TPSA) is 59.0 Å². The zero-order valence-corrected chi connectivity index (χ0v) is 15.0. The van der Waals surface area contributed by atoms with Crippen molar-refractivity contribution >= 4 is 17.7 Å². The number of hydrogen-bond acceptors (Lipinski definition) is 4. The molecule has 1 aromatic heterocycles. The number of nitrogens with one attached hydrogen (secondary N) is 2. The van der Waals surface area contributed by atoms with Crippen molar-refractivity contribution in [1.82, 2.24) is 20.4 Å². The molecule has 24 heavy (non-hydrogen) atoms. The third-order valence-electron chi connectivity index (χ3n) is 4.39. The molecular formula is C18H24N4OS. The monoisotopic (exact) mass is 344 g/mol. The second-order valence-electron chi connectivity index (χ2n) is 6.27. The fourth-order valence-corrected chi connectivity index (χ4v) is 3.81. The van der Waals surface area contributed by atoms with Gasteiger partial charge in [0.25, 0.3) is 0 Å². The Bertz CT molecular complexity index is 683. The first-order valence-corrected chi connectivity index (χ1v) is 9.28. The van der Waals surface area contributed by atoms with Crippen molar-refractivity contribution in [2.45, 2.75) is 17.7 Å². The van der Waals surface area contributed by atoms with Gasteiger partial charge in [-0.2, -0.15) is 5.10 Å². The van der Waals surface area contributed by atoms with Crippen molar-refractivity contribution in [3.8, 4) is 0 Å². The van der Waals surface area contributed by atoms with Crippen LogP contribution in [0.15, 0.2) is 41.6 Å². The van der Waals surface area contributed by atoms with Crippen LogP contribution >= 0.6 is 11.8 Å². The zero-order chi connectivity index (χ0) is 16.9. The van der Waals surface area contributed by atoms with E-state index in [-0.39, 0.29) is 17.7 Å². The number of rotatable bonds is 6. The van der Waals surface area contributed by atoms with E-state index in [1.807, 2.05) is 19.4 Å². The van der Waals surface area contributed by atoms with Crippen molar-refractivity contribution < 1.29 is 4.79 Å². The van der Waals surface area contributed by atoms with Gasteiger partial charge in [0.15, 0.2) is 0 Å². The summed E-state index contributed by atoms with van der Waals surface area (Å²) in [5.74, 6) is 1.22. The number of aryl methyl sites for hydroxylation is 2. The molecule has 1 aliphatic heterocycles. The molecule has 1 saturated heterocycles. The van der Waals surface area contributed by atoms with Gasteiger partial charge in [-0.1, -0.05) is 17.7 Å². The summed E-state index contributed by atoms with van der Waals surface area (Å²) in [5.41, 5.74) is 2.40. The number of benzene rings is 1. The Morgan fingerprint density at radius 3 is 2.88 bits per heavy atom. The van der Waals surface area contributed by atoms with Gasteiger partial charge in [-0.15, -0.1) is 11.8 Å². The van der Waals surface area contributed by atoms with E-state index in [4.69, 9.17) is 0 Å². The third-order valence-corrected chi connectivity index (χ3v) is 5.41. The molecule has 2 aromatic rings. The van der Waals surface area contributed by atoms with Gasteiger partial charge in [0, 0.05) is 49.4 Å². The molecule has 6 heteroatoms. The van der Waals surface area contributed by atoms with Crippen LogP contribution in [0.3, 0.4) is 0 Å². The van der Waals surface area contributed by atoms with E-state index in [0.29, 0.717) is 6.54 Å². The molecule has 1 fully saturated rings. The van der Waals surface area contributed by atoms with Gasteiger partial charge in [-0.3, -0.25) is 9.48 Å². The van der Waals surface area contributed by atoms with E-state index in [2.05, 4.69) is 46.9 Å². The molecule has 2 heterocycles. The van der Waals surface area contributed by atoms with Crippen LogP contribution in [-0.4, -0.2) is 41.1 Å². The lowest BCUT2D eigenvalue weighted by Gasteiger charge is -2.17. The van der Waals surface area contributed by atoms with E-state index in [9.17, 15) is 4.79 Å². The highest BCUT2D eigenvalue weighted by atomic mass is 32.2. The maximum Gasteiger partial charge on any atom is 0.225 e. The van der Waals surface area contributed by atoms with Gasteiger partial charge in [0.1, 0.15) is 0 Å². The molecule has 128 valence electrons. The van der Waals surface area contributed by atoms with Crippen LogP contribution < -0.4 is 10.6 Å². The first kappa shape index (κ1) is 17.0. The van der Waals surface area contributed by atoms with E-state index >= 15 is 0 Å². The number of carbonyl (C=O) groups is 1. The zero-order valence-electron chi connectivity index (χ0n) is 14.2. The maximum absolute atomic E-state index is 12.5. The van der Waals surface area contributed by atoms with Crippen LogP contribution in [0, 0.1) is 12.8 Å². The first-order valence-electron chi connectivity index (χ1n) is 8.30. The quantitative estimate of drug-likeness (QED) is 0.621.